The molecule has 13 heteroatoms. The fourth-order valence-electron chi connectivity index (χ4n) is 4.04. The van der Waals surface area contributed by atoms with E-state index >= 15 is 0 Å². The first-order valence-electron chi connectivity index (χ1n) is 14.9. The van der Waals surface area contributed by atoms with Gasteiger partial charge in [0, 0.05) is 38.7 Å². The van der Waals surface area contributed by atoms with Crippen molar-refractivity contribution < 1.29 is 38.1 Å². The van der Waals surface area contributed by atoms with Crippen LogP contribution in [0.2, 0.25) is 0 Å². The van der Waals surface area contributed by atoms with E-state index in [1.165, 1.54) is 12.1 Å². The lowest BCUT2D eigenvalue weighted by Gasteiger charge is -2.15. The minimum Gasteiger partial charge on any atom is -0.486 e. The van der Waals surface area contributed by atoms with Crippen LogP contribution < -0.4 is 42.0 Å². The van der Waals surface area contributed by atoms with Crippen LogP contribution in [0, 0.1) is 0 Å². The summed E-state index contributed by atoms with van der Waals surface area (Å²) in [4.78, 5) is 49.8. The van der Waals surface area contributed by atoms with E-state index in [4.69, 9.17) is 36.1 Å². The first-order valence-corrected chi connectivity index (χ1v) is 14.9. The SMILES string of the molecule is NCCCC(=O)COc1cc(C(=O)OCc2ccccc2)cc(-c2cc(OCC(=O)NCCN)cc(OCC(=O)NCCN)c2)c1. The largest absolute Gasteiger partial charge is 0.486 e. The summed E-state index contributed by atoms with van der Waals surface area (Å²) < 4.78 is 22.8. The Morgan fingerprint density at radius 3 is 1.74 bits per heavy atom. The molecule has 2 amide bonds. The molecule has 0 spiro atoms. The van der Waals surface area contributed by atoms with Crippen molar-refractivity contribution in [2.24, 2.45) is 17.2 Å². The van der Waals surface area contributed by atoms with Crippen molar-refractivity contribution in [3.63, 3.8) is 0 Å². The molecular weight excluding hydrogens is 594 g/mol. The average molecular weight is 636 g/mol. The summed E-state index contributed by atoms with van der Waals surface area (Å²) in [6, 6.07) is 18.8. The number of rotatable bonds is 20. The molecule has 3 aromatic rings. The first kappa shape index (κ1) is 35.5. The highest BCUT2D eigenvalue weighted by Gasteiger charge is 2.16. The topological polar surface area (TPSA) is 207 Å². The van der Waals surface area contributed by atoms with Gasteiger partial charge in [0.15, 0.2) is 19.0 Å². The number of carbonyl (C=O) groups excluding carboxylic acids is 4. The first-order chi connectivity index (χ1) is 22.3. The molecule has 0 radical (unpaired) electrons. The molecule has 0 aliphatic carbocycles. The molecule has 13 nitrogen and oxygen atoms in total. The monoisotopic (exact) mass is 635 g/mol. The van der Waals surface area contributed by atoms with E-state index in [1.54, 1.807) is 24.3 Å². The zero-order chi connectivity index (χ0) is 33.1. The van der Waals surface area contributed by atoms with Gasteiger partial charge in [-0.3, -0.25) is 14.4 Å². The van der Waals surface area contributed by atoms with Crippen molar-refractivity contribution in [1.82, 2.24) is 10.6 Å². The van der Waals surface area contributed by atoms with Crippen molar-refractivity contribution >= 4 is 23.6 Å². The number of hydrogen-bond donors (Lipinski definition) is 5. The normalized spacial score (nSPS) is 10.5. The minimum atomic E-state index is -0.609. The van der Waals surface area contributed by atoms with E-state index in [9.17, 15) is 19.2 Å². The highest BCUT2D eigenvalue weighted by atomic mass is 16.5. The summed E-state index contributed by atoms with van der Waals surface area (Å²) >= 11 is 0. The molecule has 0 saturated carbocycles. The van der Waals surface area contributed by atoms with Gasteiger partial charge in [-0.15, -0.1) is 0 Å². The molecule has 3 aromatic carbocycles. The Balaban J connectivity index is 1.94. The summed E-state index contributed by atoms with van der Waals surface area (Å²) in [6.07, 6.45) is 0.795. The van der Waals surface area contributed by atoms with E-state index in [-0.39, 0.29) is 86.3 Å². The number of carbonyl (C=O) groups is 4. The molecule has 0 heterocycles. The Hall–Kier alpha value is -4.98. The second-order valence-corrected chi connectivity index (χ2v) is 10.1. The lowest BCUT2D eigenvalue weighted by Crippen LogP contribution is -2.33. The smallest absolute Gasteiger partial charge is 0.338 e. The molecule has 0 aromatic heterocycles. The maximum atomic E-state index is 13.2. The van der Waals surface area contributed by atoms with Gasteiger partial charge in [0.25, 0.3) is 11.8 Å². The number of hydrogen-bond acceptors (Lipinski definition) is 11. The van der Waals surface area contributed by atoms with Crippen molar-refractivity contribution in [2.45, 2.75) is 19.4 Å². The quantitative estimate of drug-likeness (QED) is 0.112. The molecule has 246 valence electrons. The average Bonchev–Trinajstić information content (AvgIpc) is 3.08. The van der Waals surface area contributed by atoms with Crippen molar-refractivity contribution in [1.29, 1.82) is 0 Å². The molecule has 0 unspecified atom stereocenters. The van der Waals surface area contributed by atoms with Gasteiger partial charge in [0.1, 0.15) is 30.5 Å². The lowest BCUT2D eigenvalue weighted by molar-refractivity contribution is -0.123. The van der Waals surface area contributed by atoms with Gasteiger partial charge >= 0.3 is 5.97 Å². The van der Waals surface area contributed by atoms with Gasteiger partial charge in [0.2, 0.25) is 0 Å². The van der Waals surface area contributed by atoms with Gasteiger partial charge in [-0.2, -0.15) is 0 Å². The number of nitrogens with one attached hydrogen (secondary N) is 2. The molecule has 3 rings (SSSR count). The summed E-state index contributed by atoms with van der Waals surface area (Å²) in [5.41, 5.74) is 18.4. The number of amides is 2. The van der Waals surface area contributed by atoms with Crippen LogP contribution in [0.1, 0.15) is 28.8 Å². The summed E-state index contributed by atoms with van der Waals surface area (Å²) in [5.74, 6) is -0.738. The Morgan fingerprint density at radius 1 is 0.630 bits per heavy atom. The maximum absolute atomic E-state index is 13.2. The van der Waals surface area contributed by atoms with Gasteiger partial charge in [-0.1, -0.05) is 30.3 Å². The van der Waals surface area contributed by atoms with E-state index in [1.807, 2.05) is 30.3 Å². The van der Waals surface area contributed by atoms with Crippen molar-refractivity contribution in [2.75, 3.05) is 52.5 Å². The van der Waals surface area contributed by atoms with Crippen molar-refractivity contribution in [3.8, 4) is 28.4 Å². The Morgan fingerprint density at radius 2 is 1.17 bits per heavy atom. The van der Waals surface area contributed by atoms with Crippen LogP contribution in [-0.2, 0) is 25.7 Å². The van der Waals surface area contributed by atoms with Crippen LogP contribution in [0.25, 0.3) is 11.1 Å². The predicted octanol–water partition coefficient (Wildman–Crippen LogP) is 1.30. The molecule has 46 heavy (non-hydrogen) atoms. The highest BCUT2D eigenvalue weighted by molar-refractivity contribution is 5.92. The number of esters is 1. The second kappa shape index (κ2) is 19.4. The Bertz CT molecular complexity index is 1410. The fourth-order valence-corrected chi connectivity index (χ4v) is 4.04. The zero-order valence-electron chi connectivity index (χ0n) is 25.6. The van der Waals surface area contributed by atoms with Gasteiger partial charge in [-0.25, -0.2) is 4.79 Å². The molecule has 0 aliphatic heterocycles. The molecule has 8 N–H and O–H groups in total. The number of nitrogens with two attached hydrogens (primary N) is 3. The number of Topliss-reactive ketones (excluding diaryl/α,β-unsaturated/α-hetero) is 1. The van der Waals surface area contributed by atoms with Gasteiger partial charge in [0.05, 0.1) is 5.56 Å². The Labute approximate surface area is 267 Å². The van der Waals surface area contributed by atoms with Crippen LogP contribution in [0.3, 0.4) is 0 Å². The third-order valence-electron chi connectivity index (χ3n) is 6.30. The number of benzene rings is 3. The van der Waals surface area contributed by atoms with Crippen LogP contribution in [0.4, 0.5) is 0 Å². The van der Waals surface area contributed by atoms with E-state index in [2.05, 4.69) is 10.6 Å². The fraction of sp³-hybridized carbons (Fsp3) is 0.333. The highest BCUT2D eigenvalue weighted by Crippen LogP contribution is 2.33. The summed E-state index contributed by atoms with van der Waals surface area (Å²) in [6.45, 7) is 0.753. The standard InChI is InChI=1S/C33H41N5O8/c34-8-4-7-27(39)20-43-28-14-24(13-26(17-28)33(42)46-19-23-5-2-1-3-6-23)25-15-29(44-21-31(40)37-11-9-35)18-30(16-25)45-22-32(41)38-12-10-36/h1-3,5-6,13-18H,4,7-12,19-22,34-36H2,(H,37,40)(H,38,41). The Kier molecular flexibility index (Phi) is 15.0. The lowest BCUT2D eigenvalue weighted by atomic mass is 10.0. The van der Waals surface area contributed by atoms with Crippen molar-refractivity contribution in [3.05, 3.63) is 77.9 Å². The zero-order valence-corrected chi connectivity index (χ0v) is 25.6. The van der Waals surface area contributed by atoms with Gasteiger partial charge < -0.3 is 46.8 Å². The molecule has 0 aliphatic rings. The van der Waals surface area contributed by atoms with Crippen LogP contribution in [0.5, 0.6) is 17.2 Å². The van der Waals surface area contributed by atoms with E-state index in [0.29, 0.717) is 37.2 Å². The third kappa shape index (κ3) is 12.6. The molecule has 0 bridgehead atoms. The molecular formula is C33H41N5O8. The third-order valence-corrected chi connectivity index (χ3v) is 6.30. The number of ketones is 1. The second-order valence-electron chi connectivity index (χ2n) is 10.1. The molecule has 0 saturated heterocycles. The summed E-state index contributed by atoms with van der Waals surface area (Å²) in [5, 5.41) is 5.25. The van der Waals surface area contributed by atoms with E-state index in [0.717, 1.165) is 5.56 Å². The van der Waals surface area contributed by atoms with Crippen LogP contribution >= 0.6 is 0 Å². The minimum absolute atomic E-state index is 0.0530. The predicted molar refractivity (Wildman–Crippen MR) is 171 cm³/mol. The number of ether oxygens (including phenoxy) is 4. The molecule has 0 fully saturated rings. The van der Waals surface area contributed by atoms with Gasteiger partial charge in [-0.05, 0) is 60.0 Å². The maximum Gasteiger partial charge on any atom is 0.338 e. The van der Waals surface area contributed by atoms with Crippen LogP contribution in [-0.4, -0.2) is 76.1 Å². The summed E-state index contributed by atoms with van der Waals surface area (Å²) in [7, 11) is 0. The van der Waals surface area contributed by atoms with Crippen LogP contribution in [0.15, 0.2) is 66.7 Å². The van der Waals surface area contributed by atoms with E-state index < -0.39 is 5.97 Å². The molecule has 0 atom stereocenters.